The summed E-state index contributed by atoms with van der Waals surface area (Å²) in [5.41, 5.74) is 1.07. The lowest BCUT2D eigenvalue weighted by Gasteiger charge is -2.08. The number of aromatic amines is 1. The molecule has 1 aromatic heterocycles. The molecule has 19 heavy (non-hydrogen) atoms. The van der Waals surface area contributed by atoms with Crippen molar-refractivity contribution in [3.8, 4) is 17.2 Å². The number of nitrogens with one attached hydrogen (secondary N) is 1. The number of aromatic nitrogens is 1. The van der Waals surface area contributed by atoms with Gasteiger partial charge in [0.1, 0.15) is 17.2 Å². The number of hydrogen-bond donors (Lipinski definition) is 1. The molecule has 96 valence electrons. The van der Waals surface area contributed by atoms with Gasteiger partial charge in [-0.15, -0.1) is 0 Å². The fourth-order valence-corrected chi connectivity index (χ4v) is 2.02. The predicted octanol–water partition coefficient (Wildman–Crippen LogP) is 4.36. The van der Waals surface area contributed by atoms with Crippen molar-refractivity contribution in [1.29, 1.82) is 0 Å². The molecule has 0 spiro atoms. The summed E-state index contributed by atoms with van der Waals surface area (Å²) in [4.78, 5) is 3.17. The highest BCUT2D eigenvalue weighted by Crippen LogP contribution is 2.27. The Bertz CT molecular complexity index is 688. The highest BCUT2D eigenvalue weighted by molar-refractivity contribution is 5.80. The summed E-state index contributed by atoms with van der Waals surface area (Å²) in [5, 5.41) is 1.18. The van der Waals surface area contributed by atoms with Gasteiger partial charge in [0, 0.05) is 23.8 Å². The SMILES string of the molecule is CCOc1cccc(Oc2ccc3cc[nH]c3c2)c1. The van der Waals surface area contributed by atoms with E-state index >= 15 is 0 Å². The Balaban J connectivity index is 1.85. The second-order valence-corrected chi connectivity index (χ2v) is 4.24. The predicted molar refractivity (Wildman–Crippen MR) is 76.0 cm³/mol. The van der Waals surface area contributed by atoms with Crippen molar-refractivity contribution >= 4 is 10.9 Å². The monoisotopic (exact) mass is 253 g/mol. The van der Waals surface area contributed by atoms with Crippen molar-refractivity contribution < 1.29 is 9.47 Å². The Morgan fingerprint density at radius 1 is 0.947 bits per heavy atom. The van der Waals surface area contributed by atoms with Gasteiger partial charge in [-0.2, -0.15) is 0 Å². The maximum atomic E-state index is 5.84. The minimum atomic E-state index is 0.651. The van der Waals surface area contributed by atoms with E-state index in [2.05, 4.69) is 4.98 Å². The maximum absolute atomic E-state index is 5.84. The molecule has 0 aliphatic carbocycles. The first-order valence-corrected chi connectivity index (χ1v) is 6.33. The molecule has 0 fully saturated rings. The molecule has 0 bridgehead atoms. The van der Waals surface area contributed by atoms with Crippen LogP contribution in [0.1, 0.15) is 6.92 Å². The van der Waals surface area contributed by atoms with Crippen molar-refractivity contribution in [3.05, 3.63) is 54.7 Å². The van der Waals surface area contributed by atoms with Crippen LogP contribution in [-0.4, -0.2) is 11.6 Å². The first kappa shape index (κ1) is 11.7. The lowest BCUT2D eigenvalue weighted by atomic mass is 10.2. The molecule has 2 aromatic carbocycles. The number of rotatable bonds is 4. The van der Waals surface area contributed by atoms with Crippen LogP contribution < -0.4 is 9.47 Å². The number of benzene rings is 2. The minimum absolute atomic E-state index is 0.651. The molecule has 3 aromatic rings. The molecule has 0 aliphatic rings. The molecular formula is C16H15NO2. The fraction of sp³-hybridized carbons (Fsp3) is 0.125. The minimum Gasteiger partial charge on any atom is -0.494 e. The molecule has 1 N–H and O–H groups in total. The van der Waals surface area contributed by atoms with Crippen LogP contribution in [-0.2, 0) is 0 Å². The molecule has 0 unspecified atom stereocenters. The molecule has 0 aliphatic heterocycles. The summed E-state index contributed by atoms with van der Waals surface area (Å²) in [6.45, 7) is 2.62. The first-order chi connectivity index (χ1) is 9.35. The summed E-state index contributed by atoms with van der Waals surface area (Å²) < 4.78 is 11.3. The van der Waals surface area contributed by atoms with Crippen molar-refractivity contribution in [3.63, 3.8) is 0 Å². The molecule has 0 saturated carbocycles. The molecule has 3 rings (SSSR count). The highest BCUT2D eigenvalue weighted by Gasteiger charge is 2.01. The summed E-state index contributed by atoms with van der Waals surface area (Å²) >= 11 is 0. The second kappa shape index (κ2) is 5.06. The summed E-state index contributed by atoms with van der Waals surface area (Å²) in [6, 6.07) is 15.7. The first-order valence-electron chi connectivity index (χ1n) is 6.33. The molecule has 3 heteroatoms. The normalized spacial score (nSPS) is 10.6. The third-order valence-electron chi connectivity index (χ3n) is 2.88. The number of ether oxygens (including phenoxy) is 2. The van der Waals surface area contributed by atoms with Crippen LogP contribution in [0.3, 0.4) is 0 Å². The van der Waals surface area contributed by atoms with Gasteiger partial charge in [0.25, 0.3) is 0 Å². The fourth-order valence-electron chi connectivity index (χ4n) is 2.02. The zero-order valence-corrected chi connectivity index (χ0v) is 10.7. The van der Waals surface area contributed by atoms with Crippen molar-refractivity contribution in [1.82, 2.24) is 4.98 Å². The van der Waals surface area contributed by atoms with E-state index in [0.717, 1.165) is 22.8 Å². The van der Waals surface area contributed by atoms with Crippen LogP contribution in [0.15, 0.2) is 54.7 Å². The number of fused-ring (bicyclic) bond motifs is 1. The molecular weight excluding hydrogens is 238 g/mol. The molecule has 1 heterocycles. The van der Waals surface area contributed by atoms with E-state index in [1.165, 1.54) is 5.39 Å². The van der Waals surface area contributed by atoms with Gasteiger partial charge in [-0.3, -0.25) is 0 Å². The third kappa shape index (κ3) is 2.55. The van der Waals surface area contributed by atoms with Gasteiger partial charge in [-0.05, 0) is 42.6 Å². The van der Waals surface area contributed by atoms with Gasteiger partial charge in [0.15, 0.2) is 0 Å². The van der Waals surface area contributed by atoms with Gasteiger partial charge in [-0.1, -0.05) is 6.07 Å². The van der Waals surface area contributed by atoms with Gasteiger partial charge >= 0.3 is 0 Å². The van der Waals surface area contributed by atoms with Crippen LogP contribution >= 0.6 is 0 Å². The molecule has 0 atom stereocenters. The summed E-state index contributed by atoms with van der Waals surface area (Å²) in [6.07, 6.45) is 1.92. The van der Waals surface area contributed by atoms with Gasteiger partial charge in [0.05, 0.1) is 6.61 Å². The Hall–Kier alpha value is -2.42. The smallest absolute Gasteiger partial charge is 0.131 e. The Morgan fingerprint density at radius 3 is 2.68 bits per heavy atom. The van der Waals surface area contributed by atoms with Gasteiger partial charge in [-0.25, -0.2) is 0 Å². The van der Waals surface area contributed by atoms with E-state index in [9.17, 15) is 0 Å². The van der Waals surface area contributed by atoms with Crippen molar-refractivity contribution in [2.24, 2.45) is 0 Å². The van der Waals surface area contributed by atoms with Crippen molar-refractivity contribution in [2.45, 2.75) is 6.92 Å². The van der Waals surface area contributed by atoms with Gasteiger partial charge < -0.3 is 14.5 Å². The second-order valence-electron chi connectivity index (χ2n) is 4.24. The number of H-pyrrole nitrogens is 1. The standard InChI is InChI=1S/C16H15NO2/c1-2-18-13-4-3-5-14(10-13)19-15-7-6-12-8-9-17-16(12)11-15/h3-11,17H,2H2,1H3. The molecule has 0 saturated heterocycles. The van der Waals surface area contributed by atoms with E-state index in [4.69, 9.17) is 9.47 Å². The van der Waals surface area contributed by atoms with Crippen LogP contribution in [0.2, 0.25) is 0 Å². The molecule has 0 radical (unpaired) electrons. The van der Waals surface area contributed by atoms with E-state index in [-0.39, 0.29) is 0 Å². The highest BCUT2D eigenvalue weighted by atomic mass is 16.5. The van der Waals surface area contributed by atoms with E-state index in [1.54, 1.807) is 0 Å². The van der Waals surface area contributed by atoms with Crippen molar-refractivity contribution in [2.75, 3.05) is 6.61 Å². The summed E-state index contributed by atoms with van der Waals surface area (Å²) in [7, 11) is 0. The lowest BCUT2D eigenvalue weighted by molar-refractivity contribution is 0.338. The van der Waals surface area contributed by atoms with Crippen LogP contribution in [0.4, 0.5) is 0 Å². The van der Waals surface area contributed by atoms with Crippen LogP contribution in [0.25, 0.3) is 10.9 Å². The average molecular weight is 253 g/mol. The Kier molecular flexibility index (Phi) is 3.11. The average Bonchev–Trinajstić information content (AvgIpc) is 2.87. The summed E-state index contributed by atoms with van der Waals surface area (Å²) in [5.74, 6) is 2.40. The van der Waals surface area contributed by atoms with Crippen LogP contribution in [0.5, 0.6) is 17.2 Å². The van der Waals surface area contributed by atoms with Crippen LogP contribution in [0, 0.1) is 0 Å². The topological polar surface area (TPSA) is 34.2 Å². The third-order valence-corrected chi connectivity index (χ3v) is 2.88. The zero-order chi connectivity index (χ0) is 13.1. The molecule has 3 nitrogen and oxygen atoms in total. The number of hydrogen-bond acceptors (Lipinski definition) is 2. The maximum Gasteiger partial charge on any atom is 0.131 e. The largest absolute Gasteiger partial charge is 0.494 e. The molecule has 0 amide bonds. The Morgan fingerprint density at radius 2 is 1.79 bits per heavy atom. The van der Waals surface area contributed by atoms with E-state index in [0.29, 0.717) is 6.61 Å². The zero-order valence-electron chi connectivity index (χ0n) is 10.7. The van der Waals surface area contributed by atoms with Gasteiger partial charge in [0.2, 0.25) is 0 Å². The van der Waals surface area contributed by atoms with E-state index in [1.807, 2.05) is 61.7 Å². The van der Waals surface area contributed by atoms with E-state index < -0.39 is 0 Å². The lowest BCUT2D eigenvalue weighted by Crippen LogP contribution is -1.91. The Labute approximate surface area is 111 Å². The quantitative estimate of drug-likeness (QED) is 0.749.